The lowest BCUT2D eigenvalue weighted by molar-refractivity contribution is -0.130. The second kappa shape index (κ2) is 9.17. The van der Waals surface area contributed by atoms with Gasteiger partial charge < -0.3 is 14.4 Å². The van der Waals surface area contributed by atoms with Crippen molar-refractivity contribution in [1.82, 2.24) is 4.90 Å². The third kappa shape index (κ3) is 6.02. The summed E-state index contributed by atoms with van der Waals surface area (Å²) in [6.07, 6.45) is 0.233. The molecule has 0 bridgehead atoms. The molecule has 140 valence electrons. The van der Waals surface area contributed by atoms with Gasteiger partial charge in [0.25, 0.3) is 0 Å². The smallest absolute Gasteiger partial charge is 0.387 e. The molecule has 2 rings (SSSR count). The Morgan fingerprint density at radius 2 is 1.92 bits per heavy atom. The third-order valence-electron chi connectivity index (χ3n) is 3.87. The summed E-state index contributed by atoms with van der Waals surface area (Å²) < 4.78 is 34.6. The zero-order valence-corrected chi connectivity index (χ0v) is 15.2. The zero-order chi connectivity index (χ0) is 19.1. The van der Waals surface area contributed by atoms with Crippen LogP contribution in [0, 0.1) is 13.8 Å². The van der Waals surface area contributed by atoms with Gasteiger partial charge in [0.05, 0.1) is 13.0 Å². The first kappa shape index (κ1) is 19.7. The van der Waals surface area contributed by atoms with E-state index in [1.165, 1.54) is 17.0 Å². The fourth-order valence-electron chi connectivity index (χ4n) is 2.58. The molecule has 0 unspecified atom stereocenters. The van der Waals surface area contributed by atoms with Crippen LogP contribution in [0.25, 0.3) is 0 Å². The molecular formula is C20H23F2NO3. The molecule has 0 N–H and O–H groups in total. The lowest BCUT2D eigenvalue weighted by Crippen LogP contribution is -2.27. The topological polar surface area (TPSA) is 38.8 Å². The maximum absolute atomic E-state index is 12.3. The van der Waals surface area contributed by atoms with E-state index in [0.717, 1.165) is 16.9 Å². The number of rotatable bonds is 8. The van der Waals surface area contributed by atoms with Gasteiger partial charge in [0, 0.05) is 13.6 Å². The number of amides is 1. The number of hydrogen-bond acceptors (Lipinski definition) is 3. The first-order valence-corrected chi connectivity index (χ1v) is 8.33. The van der Waals surface area contributed by atoms with Crippen LogP contribution in [-0.2, 0) is 11.3 Å². The van der Waals surface area contributed by atoms with Crippen molar-refractivity contribution in [2.75, 3.05) is 13.7 Å². The molecule has 2 aromatic carbocycles. The van der Waals surface area contributed by atoms with Crippen molar-refractivity contribution >= 4 is 5.91 Å². The third-order valence-corrected chi connectivity index (χ3v) is 3.87. The first-order chi connectivity index (χ1) is 12.3. The van der Waals surface area contributed by atoms with Crippen LogP contribution in [0.4, 0.5) is 8.78 Å². The number of hydrogen-bond donors (Lipinski definition) is 0. The number of aryl methyl sites for hydroxylation is 2. The highest BCUT2D eigenvalue weighted by Crippen LogP contribution is 2.19. The van der Waals surface area contributed by atoms with Crippen LogP contribution in [0.15, 0.2) is 42.5 Å². The van der Waals surface area contributed by atoms with Crippen LogP contribution < -0.4 is 9.47 Å². The van der Waals surface area contributed by atoms with Gasteiger partial charge in [0.1, 0.15) is 11.5 Å². The summed E-state index contributed by atoms with van der Waals surface area (Å²) >= 11 is 0. The SMILES string of the molecule is Cc1ccc(OCCC(=O)N(C)Cc2cccc(OC(F)F)c2)c(C)c1. The van der Waals surface area contributed by atoms with E-state index in [-0.39, 0.29) is 24.7 Å². The fraction of sp³-hybridized carbons (Fsp3) is 0.350. The van der Waals surface area contributed by atoms with Gasteiger partial charge in [-0.15, -0.1) is 0 Å². The standard InChI is InChI=1S/C20H23F2NO3/c1-14-7-8-18(15(2)11-14)25-10-9-19(24)23(3)13-16-5-4-6-17(12-16)26-20(21)22/h4-8,11-12,20H,9-10,13H2,1-3H3. The highest BCUT2D eigenvalue weighted by atomic mass is 19.3. The van der Waals surface area contributed by atoms with Crippen molar-refractivity contribution < 1.29 is 23.0 Å². The summed E-state index contributed by atoms with van der Waals surface area (Å²) in [5.41, 5.74) is 2.90. The molecule has 26 heavy (non-hydrogen) atoms. The molecule has 0 heterocycles. The first-order valence-electron chi connectivity index (χ1n) is 8.33. The Kier molecular flexibility index (Phi) is 6.95. The summed E-state index contributed by atoms with van der Waals surface area (Å²) in [4.78, 5) is 13.8. The minimum atomic E-state index is -2.87. The number of ether oxygens (including phenoxy) is 2. The minimum Gasteiger partial charge on any atom is -0.493 e. The minimum absolute atomic E-state index is 0.0801. The van der Waals surface area contributed by atoms with Gasteiger partial charge >= 0.3 is 6.61 Å². The molecule has 0 radical (unpaired) electrons. The van der Waals surface area contributed by atoms with Crippen molar-refractivity contribution in [2.45, 2.75) is 33.4 Å². The summed E-state index contributed by atoms with van der Waals surface area (Å²) in [6, 6.07) is 12.2. The van der Waals surface area contributed by atoms with Crippen LogP contribution in [0.2, 0.25) is 0 Å². The molecule has 1 amide bonds. The van der Waals surface area contributed by atoms with Crippen LogP contribution in [0.3, 0.4) is 0 Å². The number of halogens is 2. The Morgan fingerprint density at radius 1 is 1.15 bits per heavy atom. The average Bonchev–Trinajstić information content (AvgIpc) is 2.56. The molecule has 0 aliphatic heterocycles. The van der Waals surface area contributed by atoms with E-state index < -0.39 is 6.61 Å². The predicted octanol–water partition coefficient (Wildman–Crippen LogP) is 4.33. The van der Waals surface area contributed by atoms with Crippen molar-refractivity contribution in [1.29, 1.82) is 0 Å². The van der Waals surface area contributed by atoms with Gasteiger partial charge in [-0.2, -0.15) is 8.78 Å². The molecule has 0 atom stereocenters. The lowest BCUT2D eigenvalue weighted by atomic mass is 10.1. The molecule has 0 fully saturated rings. The van der Waals surface area contributed by atoms with Crippen molar-refractivity contribution in [3.63, 3.8) is 0 Å². The largest absolute Gasteiger partial charge is 0.493 e. The monoisotopic (exact) mass is 363 g/mol. The van der Waals surface area contributed by atoms with Gasteiger partial charge in [0.15, 0.2) is 0 Å². The Morgan fingerprint density at radius 3 is 2.62 bits per heavy atom. The van der Waals surface area contributed by atoms with Gasteiger partial charge in [-0.1, -0.05) is 29.8 Å². The van der Waals surface area contributed by atoms with Crippen LogP contribution in [-0.4, -0.2) is 31.1 Å². The highest BCUT2D eigenvalue weighted by Gasteiger charge is 2.11. The fourth-order valence-corrected chi connectivity index (χ4v) is 2.58. The summed E-state index contributed by atoms with van der Waals surface area (Å²) in [5, 5.41) is 0. The van der Waals surface area contributed by atoms with E-state index in [9.17, 15) is 13.6 Å². The van der Waals surface area contributed by atoms with E-state index in [1.54, 1.807) is 19.2 Å². The Bertz CT molecular complexity index is 750. The lowest BCUT2D eigenvalue weighted by Gasteiger charge is -2.18. The quantitative estimate of drug-likeness (QED) is 0.701. The zero-order valence-electron chi connectivity index (χ0n) is 15.2. The van der Waals surface area contributed by atoms with E-state index >= 15 is 0 Å². The number of carbonyl (C=O) groups excluding carboxylic acids is 1. The highest BCUT2D eigenvalue weighted by molar-refractivity contribution is 5.76. The van der Waals surface area contributed by atoms with Gasteiger partial charge in [-0.3, -0.25) is 4.79 Å². The predicted molar refractivity (Wildman–Crippen MR) is 95.6 cm³/mol. The number of carbonyl (C=O) groups is 1. The number of nitrogens with zero attached hydrogens (tertiary/aromatic N) is 1. The van der Waals surface area contributed by atoms with Gasteiger partial charge in [-0.25, -0.2) is 0 Å². The molecule has 2 aromatic rings. The van der Waals surface area contributed by atoms with Crippen LogP contribution >= 0.6 is 0 Å². The van der Waals surface area contributed by atoms with E-state index in [2.05, 4.69) is 4.74 Å². The maximum atomic E-state index is 12.3. The average molecular weight is 363 g/mol. The molecule has 0 spiro atoms. The molecule has 0 aliphatic carbocycles. The van der Waals surface area contributed by atoms with Crippen molar-refractivity contribution in [3.8, 4) is 11.5 Å². The second-order valence-corrected chi connectivity index (χ2v) is 6.14. The van der Waals surface area contributed by atoms with E-state index in [0.29, 0.717) is 12.1 Å². The normalized spacial score (nSPS) is 10.7. The van der Waals surface area contributed by atoms with E-state index in [4.69, 9.17) is 4.74 Å². The summed E-state index contributed by atoms with van der Waals surface area (Å²) in [6.45, 7) is 1.69. The molecular weight excluding hydrogens is 340 g/mol. The number of alkyl halides is 2. The van der Waals surface area contributed by atoms with Crippen LogP contribution in [0.5, 0.6) is 11.5 Å². The Hall–Kier alpha value is -2.63. The van der Waals surface area contributed by atoms with Crippen molar-refractivity contribution in [2.24, 2.45) is 0 Å². The van der Waals surface area contributed by atoms with Gasteiger partial charge in [0.2, 0.25) is 5.91 Å². The molecule has 6 heteroatoms. The molecule has 0 aromatic heterocycles. The molecule has 4 nitrogen and oxygen atoms in total. The Balaban J connectivity index is 1.83. The Labute approximate surface area is 152 Å². The molecule has 0 aliphatic rings. The van der Waals surface area contributed by atoms with Gasteiger partial charge in [-0.05, 0) is 43.2 Å². The summed E-state index contributed by atoms with van der Waals surface area (Å²) in [7, 11) is 1.67. The van der Waals surface area contributed by atoms with Crippen molar-refractivity contribution in [3.05, 3.63) is 59.2 Å². The molecule has 0 saturated carbocycles. The maximum Gasteiger partial charge on any atom is 0.387 e. The molecule has 0 saturated heterocycles. The second-order valence-electron chi connectivity index (χ2n) is 6.14. The summed E-state index contributed by atoms with van der Waals surface area (Å²) in [5.74, 6) is 0.759. The van der Waals surface area contributed by atoms with E-state index in [1.807, 2.05) is 32.0 Å². The van der Waals surface area contributed by atoms with Crippen LogP contribution in [0.1, 0.15) is 23.1 Å². The number of benzene rings is 2.